The van der Waals surface area contributed by atoms with Crippen molar-refractivity contribution in [2.45, 2.75) is 25.3 Å². The number of rotatable bonds is 2. The summed E-state index contributed by atoms with van der Waals surface area (Å²) in [5, 5.41) is 9.23. The Morgan fingerprint density at radius 2 is 2.15 bits per heavy atom. The lowest BCUT2D eigenvalue weighted by Gasteiger charge is -2.33. The molecule has 3 heterocycles. The highest BCUT2D eigenvalue weighted by Crippen LogP contribution is 2.20. The highest BCUT2D eigenvalue weighted by Gasteiger charge is 2.32. The van der Waals surface area contributed by atoms with Gasteiger partial charge in [0.25, 0.3) is 5.91 Å². The van der Waals surface area contributed by atoms with Crippen molar-refractivity contribution in [1.29, 1.82) is 0 Å². The lowest BCUT2D eigenvalue weighted by molar-refractivity contribution is -0.143. The second kappa shape index (κ2) is 4.96. The van der Waals surface area contributed by atoms with E-state index in [1.54, 1.807) is 35.1 Å². The molecule has 0 unspecified atom stereocenters. The van der Waals surface area contributed by atoms with E-state index in [0.29, 0.717) is 18.5 Å². The van der Waals surface area contributed by atoms with E-state index < -0.39 is 12.0 Å². The van der Waals surface area contributed by atoms with Crippen LogP contribution in [-0.4, -0.2) is 43.9 Å². The molecule has 2 aromatic heterocycles. The number of pyridine rings is 1. The van der Waals surface area contributed by atoms with E-state index in [0.717, 1.165) is 18.5 Å². The lowest BCUT2D eigenvalue weighted by Crippen LogP contribution is -2.48. The van der Waals surface area contributed by atoms with Crippen molar-refractivity contribution in [1.82, 2.24) is 14.3 Å². The van der Waals surface area contributed by atoms with Crippen LogP contribution < -0.4 is 0 Å². The van der Waals surface area contributed by atoms with Crippen molar-refractivity contribution in [3.8, 4) is 0 Å². The number of hydrogen-bond donors (Lipinski definition) is 1. The zero-order chi connectivity index (χ0) is 14.1. The maximum Gasteiger partial charge on any atom is 0.326 e. The molecule has 1 atom stereocenters. The summed E-state index contributed by atoms with van der Waals surface area (Å²) in [5.74, 6) is -1.16. The summed E-state index contributed by atoms with van der Waals surface area (Å²) in [5.41, 5.74) is 1.25. The smallest absolute Gasteiger partial charge is 0.326 e. The van der Waals surface area contributed by atoms with Crippen molar-refractivity contribution in [3.63, 3.8) is 0 Å². The third kappa shape index (κ3) is 2.13. The van der Waals surface area contributed by atoms with Crippen molar-refractivity contribution in [2.75, 3.05) is 6.54 Å². The number of aromatic nitrogens is 2. The number of fused-ring (bicyclic) bond motifs is 1. The highest BCUT2D eigenvalue weighted by atomic mass is 16.4. The molecule has 6 heteroatoms. The number of aliphatic carboxylic acids is 1. The second-order valence-electron chi connectivity index (χ2n) is 4.96. The summed E-state index contributed by atoms with van der Waals surface area (Å²) in [6, 6.07) is 2.74. The third-order valence-electron chi connectivity index (χ3n) is 3.68. The monoisotopic (exact) mass is 273 g/mol. The van der Waals surface area contributed by atoms with Gasteiger partial charge in [-0.05, 0) is 31.4 Å². The van der Waals surface area contributed by atoms with Crippen LogP contribution in [0.3, 0.4) is 0 Å². The molecule has 0 radical (unpaired) electrons. The Hall–Kier alpha value is -2.37. The molecular weight excluding hydrogens is 258 g/mol. The molecule has 0 bridgehead atoms. The maximum absolute atomic E-state index is 12.5. The van der Waals surface area contributed by atoms with E-state index in [2.05, 4.69) is 4.98 Å². The molecule has 3 rings (SSSR count). The Labute approximate surface area is 115 Å². The predicted molar refractivity (Wildman–Crippen MR) is 71.5 cm³/mol. The van der Waals surface area contributed by atoms with Gasteiger partial charge in [-0.25, -0.2) is 9.78 Å². The Balaban J connectivity index is 1.91. The summed E-state index contributed by atoms with van der Waals surface area (Å²) in [6.45, 7) is 0.498. The molecule has 1 aliphatic rings. The van der Waals surface area contributed by atoms with Gasteiger partial charge in [-0.2, -0.15) is 0 Å². The maximum atomic E-state index is 12.5. The molecule has 0 saturated carbocycles. The van der Waals surface area contributed by atoms with Crippen LogP contribution in [0.25, 0.3) is 5.65 Å². The Bertz CT molecular complexity index is 664. The Kier molecular flexibility index (Phi) is 3.14. The topological polar surface area (TPSA) is 74.9 Å². The highest BCUT2D eigenvalue weighted by molar-refractivity contribution is 5.96. The van der Waals surface area contributed by atoms with Crippen molar-refractivity contribution < 1.29 is 14.7 Å². The third-order valence-corrected chi connectivity index (χ3v) is 3.68. The number of imidazole rings is 1. The van der Waals surface area contributed by atoms with Crippen LogP contribution in [0.2, 0.25) is 0 Å². The summed E-state index contributed by atoms with van der Waals surface area (Å²) >= 11 is 0. The van der Waals surface area contributed by atoms with Gasteiger partial charge < -0.3 is 14.4 Å². The van der Waals surface area contributed by atoms with Crippen LogP contribution in [0.1, 0.15) is 29.6 Å². The molecule has 6 nitrogen and oxygen atoms in total. The molecule has 2 aromatic rings. The largest absolute Gasteiger partial charge is 0.480 e. The first kappa shape index (κ1) is 12.7. The van der Waals surface area contributed by atoms with Gasteiger partial charge in [0.05, 0.1) is 5.56 Å². The fourth-order valence-electron chi connectivity index (χ4n) is 2.64. The summed E-state index contributed by atoms with van der Waals surface area (Å²) < 4.78 is 1.76. The zero-order valence-electron chi connectivity index (χ0n) is 10.9. The number of likely N-dealkylation sites (tertiary alicyclic amines) is 1. The first-order valence-electron chi connectivity index (χ1n) is 6.63. The number of piperidine rings is 1. The molecule has 1 fully saturated rings. The number of hydrogen-bond acceptors (Lipinski definition) is 3. The first-order chi connectivity index (χ1) is 9.66. The number of carboxylic acids is 1. The molecule has 1 N–H and O–H groups in total. The molecular formula is C14H15N3O3. The van der Waals surface area contributed by atoms with E-state index in [1.807, 2.05) is 0 Å². The molecule has 1 aliphatic heterocycles. The molecule has 0 aromatic carbocycles. The fraction of sp³-hybridized carbons (Fsp3) is 0.357. The van der Waals surface area contributed by atoms with Crippen molar-refractivity contribution in [2.24, 2.45) is 0 Å². The molecule has 20 heavy (non-hydrogen) atoms. The summed E-state index contributed by atoms with van der Waals surface area (Å²) in [4.78, 5) is 29.4. The average molecular weight is 273 g/mol. The van der Waals surface area contributed by atoms with Crippen molar-refractivity contribution in [3.05, 3.63) is 36.3 Å². The molecule has 1 amide bonds. The van der Waals surface area contributed by atoms with Crippen molar-refractivity contribution >= 4 is 17.5 Å². The standard InChI is InChI=1S/C14H15N3O3/c18-13(17-7-2-1-3-11(17)14(19)20)10-4-5-12-15-6-8-16(12)9-10/h4-6,8-9,11H,1-3,7H2,(H,19,20)/t11-/m1/s1. The Morgan fingerprint density at radius 1 is 1.30 bits per heavy atom. The van der Waals surface area contributed by atoms with Crippen LogP contribution in [0.5, 0.6) is 0 Å². The van der Waals surface area contributed by atoms with E-state index in [9.17, 15) is 14.7 Å². The van der Waals surface area contributed by atoms with Gasteiger partial charge in [0, 0.05) is 25.1 Å². The molecule has 104 valence electrons. The van der Waals surface area contributed by atoms with Gasteiger partial charge in [0.15, 0.2) is 0 Å². The van der Waals surface area contributed by atoms with E-state index in [-0.39, 0.29) is 5.91 Å². The van der Waals surface area contributed by atoms with Gasteiger partial charge in [-0.3, -0.25) is 4.79 Å². The van der Waals surface area contributed by atoms with Crippen LogP contribution in [0, 0.1) is 0 Å². The minimum Gasteiger partial charge on any atom is -0.480 e. The van der Waals surface area contributed by atoms with Crippen LogP contribution in [0.4, 0.5) is 0 Å². The van der Waals surface area contributed by atoms with Crippen LogP contribution in [-0.2, 0) is 4.79 Å². The van der Waals surface area contributed by atoms with Gasteiger partial charge >= 0.3 is 5.97 Å². The van der Waals surface area contributed by atoms with Gasteiger partial charge in [0.1, 0.15) is 11.7 Å². The van der Waals surface area contributed by atoms with E-state index in [1.165, 1.54) is 4.90 Å². The van der Waals surface area contributed by atoms with Gasteiger partial charge in [-0.1, -0.05) is 0 Å². The SMILES string of the molecule is O=C(O)[C@H]1CCCCN1C(=O)c1ccc2nccn2c1. The first-order valence-corrected chi connectivity index (χ1v) is 6.63. The quantitative estimate of drug-likeness (QED) is 0.897. The number of nitrogens with zero attached hydrogens (tertiary/aromatic N) is 3. The summed E-state index contributed by atoms with van der Waals surface area (Å²) in [6.07, 6.45) is 7.33. The number of amides is 1. The fourth-order valence-corrected chi connectivity index (χ4v) is 2.64. The normalized spacial score (nSPS) is 19.2. The van der Waals surface area contributed by atoms with Crippen LogP contribution >= 0.6 is 0 Å². The number of carboxylic acid groups (broad SMARTS) is 1. The van der Waals surface area contributed by atoms with Gasteiger partial charge in [-0.15, -0.1) is 0 Å². The van der Waals surface area contributed by atoms with Gasteiger partial charge in [0.2, 0.25) is 0 Å². The zero-order valence-corrected chi connectivity index (χ0v) is 10.9. The summed E-state index contributed by atoms with van der Waals surface area (Å²) in [7, 11) is 0. The minimum atomic E-state index is -0.929. The van der Waals surface area contributed by atoms with Crippen LogP contribution in [0.15, 0.2) is 30.7 Å². The molecule has 0 spiro atoms. The Morgan fingerprint density at radius 3 is 2.95 bits per heavy atom. The second-order valence-corrected chi connectivity index (χ2v) is 4.96. The predicted octanol–water partition coefficient (Wildman–Crippen LogP) is 1.41. The molecule has 1 saturated heterocycles. The lowest BCUT2D eigenvalue weighted by atomic mass is 10.0. The number of carbonyl (C=O) groups is 2. The minimum absolute atomic E-state index is 0.229. The average Bonchev–Trinajstić information content (AvgIpc) is 2.93. The number of carbonyl (C=O) groups excluding carboxylic acids is 1. The molecule has 0 aliphatic carbocycles. The van der Waals surface area contributed by atoms with E-state index in [4.69, 9.17) is 0 Å². The van der Waals surface area contributed by atoms with E-state index >= 15 is 0 Å².